The Hall–Kier alpha value is -1.94. The van der Waals surface area contributed by atoms with Gasteiger partial charge in [-0.25, -0.2) is 9.13 Å². The first-order valence-electron chi connectivity index (χ1n) is 43.6. The van der Waals surface area contributed by atoms with E-state index < -0.39 is 97.5 Å². The minimum atomic E-state index is -4.96. The Morgan fingerprint density at radius 2 is 0.447 bits per heavy atom. The molecular weight excluding hydrogens is 1340 g/mol. The Morgan fingerprint density at radius 1 is 0.262 bits per heavy atom. The average Bonchev–Trinajstić information content (AvgIpc) is 0.946. The second-order valence-electron chi connectivity index (χ2n) is 30.7. The van der Waals surface area contributed by atoms with Gasteiger partial charge in [0.2, 0.25) is 0 Å². The summed E-state index contributed by atoms with van der Waals surface area (Å²) in [5.41, 5.74) is 0. The van der Waals surface area contributed by atoms with E-state index in [-0.39, 0.29) is 25.7 Å². The first-order valence-corrected chi connectivity index (χ1v) is 46.6. The van der Waals surface area contributed by atoms with Crippen molar-refractivity contribution in [3.63, 3.8) is 0 Å². The number of rotatable bonds is 84. The minimum absolute atomic E-state index is 0.109. The monoisotopic (exact) mass is 1510 g/mol. The van der Waals surface area contributed by atoms with Gasteiger partial charge in [0.25, 0.3) is 0 Å². The van der Waals surface area contributed by atoms with Gasteiger partial charge in [0.1, 0.15) is 19.3 Å². The van der Waals surface area contributed by atoms with E-state index >= 15 is 0 Å². The summed E-state index contributed by atoms with van der Waals surface area (Å²) in [6.45, 7) is 7.39. The molecule has 0 radical (unpaired) electrons. The molecule has 103 heavy (non-hydrogen) atoms. The zero-order valence-corrected chi connectivity index (χ0v) is 69.3. The van der Waals surface area contributed by atoms with Gasteiger partial charge in [-0.3, -0.25) is 37.3 Å². The highest BCUT2D eigenvalue weighted by Crippen LogP contribution is 2.45. The molecule has 3 N–H and O–H groups in total. The number of carbonyl (C=O) groups excluding carboxylic acids is 4. The first-order chi connectivity index (χ1) is 50.0. The Balaban J connectivity index is 5.22. The lowest BCUT2D eigenvalue weighted by Gasteiger charge is -2.21. The van der Waals surface area contributed by atoms with Gasteiger partial charge >= 0.3 is 39.5 Å². The van der Waals surface area contributed by atoms with Crippen LogP contribution in [0.3, 0.4) is 0 Å². The fourth-order valence-electron chi connectivity index (χ4n) is 13.1. The summed E-state index contributed by atoms with van der Waals surface area (Å²) in [6.07, 6.45) is 69.3. The zero-order chi connectivity index (χ0) is 75.5. The molecule has 2 unspecified atom stereocenters. The van der Waals surface area contributed by atoms with E-state index in [1.165, 1.54) is 276 Å². The van der Waals surface area contributed by atoms with Crippen LogP contribution < -0.4 is 0 Å². The molecule has 19 heteroatoms. The molecule has 17 nitrogen and oxygen atoms in total. The maximum absolute atomic E-state index is 13.1. The molecule has 0 heterocycles. The van der Waals surface area contributed by atoms with E-state index in [2.05, 4.69) is 34.6 Å². The molecule has 0 aliphatic carbocycles. The molecule has 0 saturated heterocycles. The predicted octanol–water partition coefficient (Wildman–Crippen LogP) is 25.6. The van der Waals surface area contributed by atoms with Crippen molar-refractivity contribution in [2.45, 2.75) is 470 Å². The van der Waals surface area contributed by atoms with Gasteiger partial charge in [0, 0.05) is 25.7 Å². The minimum Gasteiger partial charge on any atom is -0.462 e. The number of esters is 4. The fourth-order valence-corrected chi connectivity index (χ4v) is 14.7. The quantitative estimate of drug-likeness (QED) is 0.0222. The number of hydrogen-bond donors (Lipinski definition) is 3. The summed E-state index contributed by atoms with van der Waals surface area (Å²) in [6, 6.07) is 0. The number of unbranched alkanes of at least 4 members (excludes halogenated alkanes) is 56. The molecule has 0 saturated carbocycles. The fraction of sp³-hybridized carbons (Fsp3) is 0.952. The zero-order valence-electron chi connectivity index (χ0n) is 67.5. The number of aliphatic hydroxyl groups is 1. The highest BCUT2D eigenvalue weighted by atomic mass is 31.2. The van der Waals surface area contributed by atoms with Crippen molar-refractivity contribution in [2.75, 3.05) is 39.6 Å². The van der Waals surface area contributed by atoms with Crippen LogP contribution in [-0.2, 0) is 65.4 Å². The molecule has 0 aromatic carbocycles. The van der Waals surface area contributed by atoms with Gasteiger partial charge in [0.05, 0.1) is 26.4 Å². The smallest absolute Gasteiger partial charge is 0.462 e. The lowest BCUT2D eigenvalue weighted by molar-refractivity contribution is -0.161. The van der Waals surface area contributed by atoms with E-state index in [1.807, 2.05) is 0 Å². The average molecular weight is 1510 g/mol. The molecule has 0 bridgehead atoms. The van der Waals surface area contributed by atoms with Gasteiger partial charge < -0.3 is 33.8 Å². The third-order valence-corrected chi connectivity index (χ3v) is 21.7. The second kappa shape index (κ2) is 76.8. The predicted molar refractivity (Wildman–Crippen MR) is 423 cm³/mol. The van der Waals surface area contributed by atoms with E-state index in [4.69, 9.17) is 37.0 Å². The standard InChI is InChI=1S/C84H164O17P2/c1-6-9-12-15-18-21-24-26-28-31-36-39-43-48-53-58-63-68-82(87)95-74-80(101-84(89)70-65-60-55-50-45-41-37-33-30-29-32-35-38-42-46-51-56-61-66-77(4)5)76-99-103(92,93)97-72-78(85)71-96-102(90,91)98-75-79(73-94-81(86)67-62-57-52-47-23-20-17-14-11-8-3)100-83(88)69-64-59-54-49-44-40-34-27-25-22-19-16-13-10-7-2/h77-80,85H,6-76H2,1-5H3,(H,90,91)(H,92,93)/t78-,79+,80+/m0/s1. The van der Waals surface area contributed by atoms with Crippen LogP contribution in [0.25, 0.3) is 0 Å². The largest absolute Gasteiger partial charge is 0.472 e. The summed E-state index contributed by atoms with van der Waals surface area (Å²) in [4.78, 5) is 73.1. The maximum atomic E-state index is 13.1. The summed E-state index contributed by atoms with van der Waals surface area (Å²) in [5, 5.41) is 10.7. The van der Waals surface area contributed by atoms with Crippen LogP contribution in [0.2, 0.25) is 0 Å². The van der Waals surface area contributed by atoms with Crippen LogP contribution in [0, 0.1) is 5.92 Å². The van der Waals surface area contributed by atoms with Gasteiger partial charge in [-0.15, -0.1) is 0 Å². The topological polar surface area (TPSA) is 237 Å². The molecule has 0 spiro atoms. The van der Waals surface area contributed by atoms with Crippen LogP contribution in [0.4, 0.5) is 0 Å². The van der Waals surface area contributed by atoms with Gasteiger partial charge in [0.15, 0.2) is 12.2 Å². The maximum Gasteiger partial charge on any atom is 0.472 e. The Labute approximate surface area is 632 Å². The number of phosphoric acid groups is 2. The molecule has 0 aromatic heterocycles. The van der Waals surface area contributed by atoms with E-state index in [0.717, 1.165) is 95.8 Å². The van der Waals surface area contributed by atoms with Crippen LogP contribution in [0.15, 0.2) is 0 Å². The van der Waals surface area contributed by atoms with Crippen LogP contribution in [-0.4, -0.2) is 96.7 Å². The molecule has 0 aliphatic heterocycles. The number of aliphatic hydroxyl groups excluding tert-OH is 1. The molecule has 0 aromatic rings. The summed E-state index contributed by atoms with van der Waals surface area (Å²) in [7, 11) is -9.92. The third kappa shape index (κ3) is 78.0. The molecule has 0 amide bonds. The van der Waals surface area contributed by atoms with Crippen LogP contribution in [0.1, 0.15) is 452 Å². The van der Waals surface area contributed by atoms with Gasteiger partial charge in [-0.1, -0.05) is 401 Å². The molecule has 612 valence electrons. The molecule has 5 atom stereocenters. The Bertz CT molecular complexity index is 1960. The number of carbonyl (C=O) groups is 4. The number of hydrogen-bond acceptors (Lipinski definition) is 15. The molecule has 0 rings (SSSR count). The van der Waals surface area contributed by atoms with Crippen molar-refractivity contribution in [1.29, 1.82) is 0 Å². The summed E-state index contributed by atoms with van der Waals surface area (Å²) in [5.74, 6) is -1.28. The van der Waals surface area contributed by atoms with Crippen molar-refractivity contribution < 1.29 is 80.2 Å². The van der Waals surface area contributed by atoms with Crippen molar-refractivity contribution in [1.82, 2.24) is 0 Å². The molecule has 0 fully saturated rings. The van der Waals surface area contributed by atoms with Crippen molar-refractivity contribution >= 4 is 39.5 Å². The Kier molecular flexibility index (Phi) is 75.4. The summed E-state index contributed by atoms with van der Waals surface area (Å²) >= 11 is 0. The lowest BCUT2D eigenvalue weighted by Crippen LogP contribution is -2.30. The number of ether oxygens (including phenoxy) is 4. The van der Waals surface area contributed by atoms with Crippen molar-refractivity contribution in [2.24, 2.45) is 5.92 Å². The Morgan fingerprint density at radius 3 is 0.660 bits per heavy atom. The molecular formula is C84H164O17P2. The van der Waals surface area contributed by atoms with E-state index in [9.17, 15) is 43.2 Å². The van der Waals surface area contributed by atoms with Crippen LogP contribution in [0.5, 0.6) is 0 Å². The lowest BCUT2D eigenvalue weighted by atomic mass is 10.0. The third-order valence-electron chi connectivity index (χ3n) is 19.8. The highest BCUT2D eigenvalue weighted by Gasteiger charge is 2.30. The first kappa shape index (κ1) is 101. The summed E-state index contributed by atoms with van der Waals surface area (Å²) < 4.78 is 68.8. The van der Waals surface area contributed by atoms with E-state index in [0.29, 0.717) is 25.7 Å². The van der Waals surface area contributed by atoms with Crippen LogP contribution >= 0.6 is 15.6 Å². The normalized spacial score (nSPS) is 13.8. The SMILES string of the molecule is CCCCCCCCCCCCCCCCCCCC(=O)OC[C@H](COP(=O)(O)OC[C@@H](O)COP(=O)(O)OC[C@@H](COC(=O)CCCCCCCCCCCC)OC(=O)CCCCCCCCCCCCCCCCC)OC(=O)CCCCCCCCCCCCCCCCCCCCC(C)C. The van der Waals surface area contributed by atoms with E-state index in [1.54, 1.807) is 0 Å². The molecule has 0 aliphatic rings. The van der Waals surface area contributed by atoms with Gasteiger partial charge in [-0.05, 0) is 31.6 Å². The van der Waals surface area contributed by atoms with Crippen molar-refractivity contribution in [3.05, 3.63) is 0 Å². The van der Waals surface area contributed by atoms with Crippen molar-refractivity contribution in [3.8, 4) is 0 Å². The van der Waals surface area contributed by atoms with Gasteiger partial charge in [-0.2, -0.15) is 0 Å². The second-order valence-corrected chi connectivity index (χ2v) is 33.6. The number of phosphoric ester groups is 2. The highest BCUT2D eigenvalue weighted by molar-refractivity contribution is 7.47.